The quantitative estimate of drug-likeness (QED) is 0.762. The minimum atomic E-state index is -3.54. The third-order valence-electron chi connectivity index (χ3n) is 3.28. The van der Waals surface area contributed by atoms with Crippen molar-refractivity contribution >= 4 is 15.7 Å². The van der Waals surface area contributed by atoms with E-state index in [1.807, 2.05) is 0 Å². The van der Waals surface area contributed by atoms with Gasteiger partial charge in [0.1, 0.15) is 5.75 Å². The number of nitrogens with zero attached hydrogens (tertiary/aromatic N) is 1. The Morgan fingerprint density at radius 3 is 2.55 bits per heavy atom. The molecule has 0 spiro atoms. The second kappa shape index (κ2) is 5.99. The number of benzene rings is 1. The first kappa shape index (κ1) is 15.1. The summed E-state index contributed by atoms with van der Waals surface area (Å²) in [6.07, 6.45) is 1.79. The number of methoxy groups -OCH3 is 2. The zero-order chi connectivity index (χ0) is 14.8. The summed E-state index contributed by atoms with van der Waals surface area (Å²) >= 11 is 0. The number of nitrogen functional groups attached to an aromatic ring is 1. The fourth-order valence-electron chi connectivity index (χ4n) is 2.05. The molecule has 7 heteroatoms. The van der Waals surface area contributed by atoms with Crippen molar-refractivity contribution in [1.29, 1.82) is 0 Å². The highest BCUT2D eigenvalue weighted by Gasteiger charge is 2.37. The number of rotatable bonds is 7. The summed E-state index contributed by atoms with van der Waals surface area (Å²) in [7, 11) is -0.486. The second-order valence-electron chi connectivity index (χ2n) is 4.74. The average molecular weight is 300 g/mol. The number of hydrogen-bond acceptors (Lipinski definition) is 5. The molecule has 0 unspecified atom stereocenters. The summed E-state index contributed by atoms with van der Waals surface area (Å²) in [6, 6.07) is 4.62. The van der Waals surface area contributed by atoms with Gasteiger partial charge < -0.3 is 15.2 Å². The van der Waals surface area contributed by atoms with E-state index in [2.05, 4.69) is 0 Å². The molecule has 1 aliphatic rings. The molecule has 1 fully saturated rings. The number of nitrogens with two attached hydrogens (primary N) is 1. The summed E-state index contributed by atoms with van der Waals surface area (Å²) in [5.41, 5.74) is 6.10. The highest BCUT2D eigenvalue weighted by molar-refractivity contribution is 7.89. The van der Waals surface area contributed by atoms with E-state index in [4.69, 9.17) is 15.2 Å². The molecule has 0 amide bonds. The van der Waals surface area contributed by atoms with Crippen LogP contribution in [-0.4, -0.2) is 46.1 Å². The van der Waals surface area contributed by atoms with Gasteiger partial charge in [-0.2, -0.15) is 4.31 Å². The topological polar surface area (TPSA) is 81.9 Å². The molecule has 0 heterocycles. The fraction of sp³-hybridized carbons (Fsp3) is 0.538. The first-order valence-electron chi connectivity index (χ1n) is 6.45. The van der Waals surface area contributed by atoms with Crippen molar-refractivity contribution in [2.24, 2.45) is 0 Å². The van der Waals surface area contributed by atoms with Gasteiger partial charge in [-0.1, -0.05) is 0 Å². The molecule has 2 rings (SSSR count). The molecule has 0 bridgehead atoms. The van der Waals surface area contributed by atoms with E-state index in [0.29, 0.717) is 24.6 Å². The Labute approximate surface area is 119 Å². The lowest BCUT2D eigenvalue weighted by molar-refractivity contribution is 0.177. The molecule has 1 aromatic carbocycles. The molecule has 0 saturated heterocycles. The van der Waals surface area contributed by atoms with Crippen LogP contribution in [0.2, 0.25) is 0 Å². The number of anilines is 1. The molecule has 6 nitrogen and oxygen atoms in total. The number of ether oxygens (including phenoxy) is 2. The molecule has 1 aliphatic carbocycles. The Morgan fingerprint density at radius 2 is 2.05 bits per heavy atom. The maximum absolute atomic E-state index is 12.6. The lowest BCUT2D eigenvalue weighted by Crippen LogP contribution is -2.35. The van der Waals surface area contributed by atoms with Crippen LogP contribution in [-0.2, 0) is 14.8 Å². The molecule has 0 aromatic heterocycles. The van der Waals surface area contributed by atoms with E-state index in [-0.39, 0.29) is 10.9 Å². The zero-order valence-corrected chi connectivity index (χ0v) is 12.5. The van der Waals surface area contributed by atoms with Crippen LogP contribution in [0.1, 0.15) is 12.8 Å². The highest BCUT2D eigenvalue weighted by Crippen LogP contribution is 2.33. The van der Waals surface area contributed by atoms with Crippen molar-refractivity contribution in [2.75, 3.05) is 33.1 Å². The summed E-state index contributed by atoms with van der Waals surface area (Å²) < 4.78 is 36.8. The van der Waals surface area contributed by atoms with Gasteiger partial charge in [0, 0.05) is 19.7 Å². The van der Waals surface area contributed by atoms with Crippen molar-refractivity contribution in [3.63, 3.8) is 0 Å². The lowest BCUT2D eigenvalue weighted by Gasteiger charge is -2.22. The smallest absolute Gasteiger partial charge is 0.243 e. The molecular formula is C13H20N2O4S. The van der Waals surface area contributed by atoms with Gasteiger partial charge >= 0.3 is 0 Å². The highest BCUT2D eigenvalue weighted by atomic mass is 32.2. The summed E-state index contributed by atoms with van der Waals surface area (Å²) in [5, 5.41) is 0. The lowest BCUT2D eigenvalue weighted by atomic mass is 10.3. The SMILES string of the molecule is COCCN(C1CC1)S(=O)(=O)c1ccc(OC)c(N)c1. The van der Waals surface area contributed by atoms with Gasteiger partial charge in [-0.3, -0.25) is 0 Å². The van der Waals surface area contributed by atoms with Crippen LogP contribution in [0.4, 0.5) is 5.69 Å². The van der Waals surface area contributed by atoms with E-state index >= 15 is 0 Å². The normalized spacial score (nSPS) is 15.6. The molecular weight excluding hydrogens is 280 g/mol. The third kappa shape index (κ3) is 3.05. The maximum atomic E-state index is 12.6. The van der Waals surface area contributed by atoms with Crippen LogP contribution in [0.25, 0.3) is 0 Å². The Kier molecular flexibility index (Phi) is 4.52. The van der Waals surface area contributed by atoms with E-state index in [0.717, 1.165) is 12.8 Å². The molecule has 0 radical (unpaired) electrons. The second-order valence-corrected chi connectivity index (χ2v) is 6.63. The zero-order valence-electron chi connectivity index (χ0n) is 11.7. The van der Waals surface area contributed by atoms with Gasteiger partial charge in [0.25, 0.3) is 0 Å². The van der Waals surface area contributed by atoms with E-state index < -0.39 is 10.0 Å². The van der Waals surface area contributed by atoms with Gasteiger partial charge in [-0.05, 0) is 31.0 Å². The largest absolute Gasteiger partial charge is 0.495 e. The first-order chi connectivity index (χ1) is 9.50. The molecule has 20 heavy (non-hydrogen) atoms. The Bertz CT molecular complexity index is 570. The van der Waals surface area contributed by atoms with Crippen LogP contribution >= 0.6 is 0 Å². The first-order valence-corrected chi connectivity index (χ1v) is 7.89. The molecule has 1 saturated carbocycles. The van der Waals surface area contributed by atoms with Crippen LogP contribution in [0, 0.1) is 0 Å². The predicted octanol–water partition coefficient (Wildman–Crippen LogP) is 1.08. The fourth-order valence-corrected chi connectivity index (χ4v) is 3.76. The Balaban J connectivity index is 2.29. The van der Waals surface area contributed by atoms with Crippen LogP contribution in [0.5, 0.6) is 5.75 Å². The molecule has 0 atom stereocenters. The van der Waals surface area contributed by atoms with Gasteiger partial charge in [0.05, 0.1) is 24.3 Å². The van der Waals surface area contributed by atoms with Gasteiger partial charge in [0.2, 0.25) is 10.0 Å². The van der Waals surface area contributed by atoms with Crippen molar-refractivity contribution in [2.45, 2.75) is 23.8 Å². The summed E-state index contributed by atoms with van der Waals surface area (Å²) in [5.74, 6) is 0.471. The van der Waals surface area contributed by atoms with E-state index in [1.165, 1.54) is 23.5 Å². The molecule has 112 valence electrons. The van der Waals surface area contributed by atoms with E-state index in [9.17, 15) is 8.42 Å². The van der Waals surface area contributed by atoms with Crippen molar-refractivity contribution < 1.29 is 17.9 Å². The van der Waals surface area contributed by atoms with Gasteiger partial charge in [0.15, 0.2) is 0 Å². The summed E-state index contributed by atoms with van der Waals surface area (Å²) in [4.78, 5) is 0.193. The van der Waals surface area contributed by atoms with E-state index in [1.54, 1.807) is 13.2 Å². The molecule has 0 aliphatic heterocycles. The van der Waals surface area contributed by atoms with Gasteiger partial charge in [-0.15, -0.1) is 0 Å². The predicted molar refractivity (Wildman–Crippen MR) is 76.2 cm³/mol. The molecule has 1 aromatic rings. The standard InChI is InChI=1S/C13H20N2O4S/c1-18-8-7-15(10-3-4-10)20(16,17)11-5-6-13(19-2)12(14)9-11/h5-6,9-10H,3-4,7-8,14H2,1-2H3. The van der Waals surface area contributed by atoms with Crippen molar-refractivity contribution in [3.05, 3.63) is 18.2 Å². The Hall–Kier alpha value is -1.31. The number of sulfonamides is 1. The monoisotopic (exact) mass is 300 g/mol. The van der Waals surface area contributed by atoms with Crippen molar-refractivity contribution in [1.82, 2.24) is 4.31 Å². The minimum Gasteiger partial charge on any atom is -0.495 e. The summed E-state index contributed by atoms with van der Waals surface area (Å²) in [6.45, 7) is 0.733. The Morgan fingerprint density at radius 1 is 1.35 bits per heavy atom. The number of hydrogen-bond donors (Lipinski definition) is 1. The van der Waals surface area contributed by atoms with Crippen molar-refractivity contribution in [3.8, 4) is 5.75 Å². The maximum Gasteiger partial charge on any atom is 0.243 e. The third-order valence-corrected chi connectivity index (χ3v) is 5.23. The van der Waals surface area contributed by atoms with Crippen LogP contribution in [0.15, 0.2) is 23.1 Å². The minimum absolute atomic E-state index is 0.0819. The van der Waals surface area contributed by atoms with Crippen LogP contribution in [0.3, 0.4) is 0 Å². The average Bonchev–Trinajstić information content (AvgIpc) is 3.23. The van der Waals surface area contributed by atoms with Gasteiger partial charge in [-0.25, -0.2) is 8.42 Å². The van der Waals surface area contributed by atoms with Crippen LogP contribution < -0.4 is 10.5 Å². The molecule has 2 N–H and O–H groups in total.